The van der Waals surface area contributed by atoms with E-state index in [0.29, 0.717) is 28.3 Å². The van der Waals surface area contributed by atoms with E-state index in [2.05, 4.69) is 0 Å². The Kier molecular flexibility index (Phi) is 2.81. The van der Waals surface area contributed by atoms with E-state index in [0.717, 1.165) is 0 Å². The molecule has 0 heterocycles. The van der Waals surface area contributed by atoms with E-state index in [-0.39, 0.29) is 11.3 Å². The zero-order chi connectivity index (χ0) is 13.3. The van der Waals surface area contributed by atoms with Crippen molar-refractivity contribution < 1.29 is 4.79 Å². The zero-order valence-corrected chi connectivity index (χ0v) is 9.68. The first kappa shape index (κ1) is 11.8. The van der Waals surface area contributed by atoms with Gasteiger partial charge in [-0.15, -0.1) is 0 Å². The van der Waals surface area contributed by atoms with Gasteiger partial charge in [-0.1, -0.05) is 6.07 Å². The zero-order valence-electron chi connectivity index (χ0n) is 9.68. The third kappa shape index (κ3) is 1.93. The number of nitrogens with two attached hydrogens (primary N) is 4. The molecule has 92 valence electrons. The molecule has 0 bridgehead atoms. The molecule has 2 aromatic carbocycles. The van der Waals surface area contributed by atoms with Gasteiger partial charge in [0.2, 0.25) is 0 Å². The van der Waals surface area contributed by atoms with Crippen LogP contribution in [0.5, 0.6) is 0 Å². The van der Waals surface area contributed by atoms with Crippen LogP contribution >= 0.6 is 0 Å². The lowest BCUT2D eigenvalue weighted by Crippen LogP contribution is -2.11. The van der Waals surface area contributed by atoms with Gasteiger partial charge < -0.3 is 22.9 Å². The summed E-state index contributed by atoms with van der Waals surface area (Å²) in [6.07, 6.45) is 0. The topological polar surface area (TPSA) is 121 Å². The second kappa shape index (κ2) is 4.29. The lowest BCUT2D eigenvalue weighted by Gasteiger charge is -2.10. The fourth-order valence-corrected chi connectivity index (χ4v) is 1.76. The molecule has 0 aliphatic heterocycles. The van der Waals surface area contributed by atoms with Crippen molar-refractivity contribution in [2.45, 2.75) is 0 Å². The second-order valence-electron chi connectivity index (χ2n) is 3.99. The summed E-state index contributed by atoms with van der Waals surface area (Å²) in [7, 11) is 0. The van der Waals surface area contributed by atoms with Crippen LogP contribution in [0.1, 0.15) is 15.9 Å². The summed E-state index contributed by atoms with van der Waals surface area (Å²) in [5.41, 5.74) is 25.0. The minimum absolute atomic E-state index is 0.259. The summed E-state index contributed by atoms with van der Waals surface area (Å²) in [6, 6.07) is 9.65. The van der Waals surface area contributed by atoms with Crippen LogP contribution in [-0.2, 0) is 0 Å². The number of ketones is 1. The smallest absolute Gasteiger partial charge is 0.199 e. The lowest BCUT2D eigenvalue weighted by molar-refractivity contribution is 0.104. The van der Waals surface area contributed by atoms with Gasteiger partial charge in [0.25, 0.3) is 0 Å². The van der Waals surface area contributed by atoms with Gasteiger partial charge in [0.05, 0.1) is 5.56 Å². The molecule has 0 spiro atoms. The Labute approximate surface area is 104 Å². The molecule has 0 unspecified atom stereocenters. The first-order chi connectivity index (χ1) is 8.50. The predicted molar refractivity (Wildman–Crippen MR) is 74.0 cm³/mol. The van der Waals surface area contributed by atoms with E-state index in [1.54, 1.807) is 30.3 Å². The van der Waals surface area contributed by atoms with Gasteiger partial charge in [-0.25, -0.2) is 0 Å². The van der Waals surface area contributed by atoms with Gasteiger partial charge in [0.15, 0.2) is 5.78 Å². The summed E-state index contributed by atoms with van der Waals surface area (Å²) < 4.78 is 0. The molecule has 0 atom stereocenters. The summed E-state index contributed by atoms with van der Waals surface area (Å²) in [5, 5.41) is 0. The molecule has 0 aromatic heterocycles. The Morgan fingerprint density at radius 2 is 1.44 bits per heavy atom. The third-order valence-corrected chi connectivity index (χ3v) is 2.68. The second-order valence-corrected chi connectivity index (χ2v) is 3.99. The standard InChI is InChI=1S/C13H14N4O/c14-7-4-5-9(15)8(6-7)13(18)12-10(16)2-1-3-11(12)17/h1-6H,14-17H2. The number of nitrogen functional groups attached to an aromatic ring is 4. The number of carbonyl (C=O) groups is 1. The van der Waals surface area contributed by atoms with E-state index in [1.165, 1.54) is 6.07 Å². The van der Waals surface area contributed by atoms with Crippen LogP contribution in [0.2, 0.25) is 0 Å². The molecular formula is C13H14N4O. The van der Waals surface area contributed by atoms with Crippen LogP contribution < -0.4 is 22.9 Å². The van der Waals surface area contributed by atoms with Crippen molar-refractivity contribution in [3.8, 4) is 0 Å². The van der Waals surface area contributed by atoms with Crippen LogP contribution in [0.4, 0.5) is 22.7 Å². The van der Waals surface area contributed by atoms with Crippen molar-refractivity contribution >= 4 is 28.5 Å². The maximum Gasteiger partial charge on any atom is 0.199 e. The molecule has 0 amide bonds. The van der Waals surface area contributed by atoms with Crippen LogP contribution in [0, 0.1) is 0 Å². The number of rotatable bonds is 2. The van der Waals surface area contributed by atoms with Gasteiger partial charge in [-0.2, -0.15) is 0 Å². The van der Waals surface area contributed by atoms with Crippen molar-refractivity contribution in [3.05, 3.63) is 47.5 Å². The van der Waals surface area contributed by atoms with E-state index >= 15 is 0 Å². The van der Waals surface area contributed by atoms with Gasteiger partial charge >= 0.3 is 0 Å². The molecule has 0 fully saturated rings. The number of hydrogen-bond acceptors (Lipinski definition) is 5. The van der Waals surface area contributed by atoms with Gasteiger partial charge in [0, 0.05) is 28.3 Å². The highest BCUT2D eigenvalue weighted by molar-refractivity contribution is 6.17. The van der Waals surface area contributed by atoms with E-state index in [1.807, 2.05) is 0 Å². The molecular weight excluding hydrogens is 228 g/mol. The molecule has 18 heavy (non-hydrogen) atoms. The normalized spacial score (nSPS) is 10.2. The van der Waals surface area contributed by atoms with Crippen molar-refractivity contribution in [2.75, 3.05) is 22.9 Å². The van der Waals surface area contributed by atoms with Crippen molar-refractivity contribution in [3.63, 3.8) is 0 Å². The maximum atomic E-state index is 12.4. The lowest BCUT2D eigenvalue weighted by atomic mass is 9.98. The molecule has 2 rings (SSSR count). The molecule has 0 aliphatic rings. The average Bonchev–Trinajstić information content (AvgIpc) is 2.32. The molecule has 0 radical (unpaired) electrons. The Balaban J connectivity index is 2.58. The van der Waals surface area contributed by atoms with Gasteiger partial charge in [0.1, 0.15) is 0 Å². The van der Waals surface area contributed by atoms with Gasteiger partial charge in [-0.3, -0.25) is 4.79 Å². The number of hydrogen-bond donors (Lipinski definition) is 4. The molecule has 0 aliphatic carbocycles. The van der Waals surface area contributed by atoms with Gasteiger partial charge in [-0.05, 0) is 30.3 Å². The van der Waals surface area contributed by atoms with Crippen molar-refractivity contribution in [1.82, 2.24) is 0 Å². The minimum atomic E-state index is -0.324. The largest absolute Gasteiger partial charge is 0.399 e. The molecule has 0 saturated heterocycles. The van der Waals surface area contributed by atoms with Crippen molar-refractivity contribution in [2.24, 2.45) is 0 Å². The molecule has 5 nitrogen and oxygen atoms in total. The molecule has 8 N–H and O–H groups in total. The third-order valence-electron chi connectivity index (χ3n) is 2.68. The molecule has 2 aromatic rings. The maximum absolute atomic E-state index is 12.4. The first-order valence-corrected chi connectivity index (χ1v) is 5.34. The first-order valence-electron chi connectivity index (χ1n) is 5.34. The monoisotopic (exact) mass is 242 g/mol. The number of benzene rings is 2. The quantitative estimate of drug-likeness (QED) is 0.466. The van der Waals surface area contributed by atoms with Crippen LogP contribution in [0.25, 0.3) is 0 Å². The SMILES string of the molecule is Nc1ccc(N)c(C(=O)c2c(N)cccc2N)c1. The Morgan fingerprint density at radius 3 is 2.06 bits per heavy atom. The summed E-state index contributed by atoms with van der Waals surface area (Å²) in [4.78, 5) is 12.4. The van der Waals surface area contributed by atoms with E-state index in [4.69, 9.17) is 22.9 Å². The van der Waals surface area contributed by atoms with Crippen LogP contribution in [0.3, 0.4) is 0 Å². The fourth-order valence-electron chi connectivity index (χ4n) is 1.76. The summed E-state index contributed by atoms with van der Waals surface area (Å²) in [5.74, 6) is -0.324. The minimum Gasteiger partial charge on any atom is -0.399 e. The highest BCUT2D eigenvalue weighted by Crippen LogP contribution is 2.26. The van der Waals surface area contributed by atoms with E-state index < -0.39 is 0 Å². The molecule has 5 heteroatoms. The molecule has 0 saturated carbocycles. The highest BCUT2D eigenvalue weighted by Gasteiger charge is 2.17. The van der Waals surface area contributed by atoms with E-state index in [9.17, 15) is 4.79 Å². The van der Waals surface area contributed by atoms with Crippen LogP contribution in [-0.4, -0.2) is 5.78 Å². The summed E-state index contributed by atoms with van der Waals surface area (Å²) in [6.45, 7) is 0. The Morgan fingerprint density at radius 1 is 0.833 bits per heavy atom. The number of carbonyl (C=O) groups excluding carboxylic acids is 1. The fraction of sp³-hybridized carbons (Fsp3) is 0. The van der Waals surface area contributed by atoms with Crippen molar-refractivity contribution in [1.29, 1.82) is 0 Å². The Hall–Kier alpha value is -2.69. The summed E-state index contributed by atoms with van der Waals surface area (Å²) >= 11 is 0. The van der Waals surface area contributed by atoms with Crippen LogP contribution in [0.15, 0.2) is 36.4 Å². The number of anilines is 4. The average molecular weight is 242 g/mol. The Bertz CT molecular complexity index is 602. The predicted octanol–water partition coefficient (Wildman–Crippen LogP) is 1.25. The highest BCUT2D eigenvalue weighted by atomic mass is 16.1.